The Balaban J connectivity index is 3.59. The van der Waals surface area contributed by atoms with E-state index in [1.54, 1.807) is 0 Å². The first-order valence-corrected chi connectivity index (χ1v) is 16.9. The van der Waals surface area contributed by atoms with Gasteiger partial charge in [-0.3, -0.25) is 9.59 Å². The molecule has 0 heterocycles. The van der Waals surface area contributed by atoms with E-state index in [1.165, 1.54) is 89.9 Å². The Hall–Kier alpha value is -1.62. The van der Waals surface area contributed by atoms with Gasteiger partial charge in [-0.25, -0.2) is 0 Å². The number of rotatable bonds is 30. The first-order valence-electron chi connectivity index (χ1n) is 16.9. The third-order valence-corrected chi connectivity index (χ3v) is 7.22. The second-order valence-electron chi connectivity index (χ2n) is 11.2. The fraction of sp³-hybridized carbons (Fsp3) is 0.829. The fourth-order valence-corrected chi connectivity index (χ4v) is 4.59. The van der Waals surface area contributed by atoms with E-state index in [9.17, 15) is 14.7 Å². The van der Waals surface area contributed by atoms with Crippen molar-refractivity contribution in [2.45, 2.75) is 174 Å². The number of hydrogen-bond acceptors (Lipinski definition) is 5. The van der Waals surface area contributed by atoms with E-state index < -0.39 is 6.10 Å². The van der Waals surface area contributed by atoms with Crippen LogP contribution >= 0.6 is 0 Å². The molecule has 0 aliphatic rings. The zero-order chi connectivity index (χ0) is 29.4. The van der Waals surface area contributed by atoms with Crippen LogP contribution in [0.15, 0.2) is 24.3 Å². The summed E-state index contributed by atoms with van der Waals surface area (Å²) >= 11 is 0. The van der Waals surface area contributed by atoms with Crippen molar-refractivity contribution in [1.82, 2.24) is 0 Å². The van der Waals surface area contributed by atoms with Gasteiger partial charge in [0.25, 0.3) is 0 Å². The zero-order valence-electron chi connectivity index (χ0n) is 26.4. The van der Waals surface area contributed by atoms with Crippen molar-refractivity contribution in [3.8, 4) is 0 Å². The number of hydrogen-bond donors (Lipinski definition) is 1. The van der Waals surface area contributed by atoms with E-state index in [0.717, 1.165) is 51.4 Å². The molecule has 0 saturated carbocycles. The van der Waals surface area contributed by atoms with E-state index in [-0.39, 0.29) is 25.2 Å². The summed E-state index contributed by atoms with van der Waals surface area (Å²) in [5, 5.41) is 9.49. The molecule has 0 unspecified atom stereocenters. The summed E-state index contributed by atoms with van der Waals surface area (Å²) < 4.78 is 10.5. The Morgan fingerprint density at radius 1 is 0.550 bits per heavy atom. The first kappa shape index (κ1) is 38.4. The molecule has 0 saturated heterocycles. The van der Waals surface area contributed by atoms with Crippen LogP contribution in [0.25, 0.3) is 0 Å². The van der Waals surface area contributed by atoms with Crippen LogP contribution in [0.2, 0.25) is 0 Å². The Morgan fingerprint density at radius 2 is 0.950 bits per heavy atom. The third-order valence-electron chi connectivity index (χ3n) is 7.22. The van der Waals surface area contributed by atoms with Crippen LogP contribution in [0.3, 0.4) is 0 Å². The minimum absolute atomic E-state index is 0.0715. The van der Waals surface area contributed by atoms with Crippen molar-refractivity contribution in [2.75, 3.05) is 13.2 Å². The van der Waals surface area contributed by atoms with Crippen molar-refractivity contribution < 1.29 is 24.2 Å². The third kappa shape index (κ3) is 29.4. The SMILES string of the molecule is CCCC/C=C\CCCCCCCC(=O)O[C@@H](CO)COC(=O)CCCCCCC/C=C\CCCCCCCC. The van der Waals surface area contributed by atoms with Crippen LogP contribution in [0.5, 0.6) is 0 Å². The highest BCUT2D eigenvalue weighted by atomic mass is 16.6. The highest BCUT2D eigenvalue weighted by Gasteiger charge is 2.16. The van der Waals surface area contributed by atoms with Gasteiger partial charge in [0.15, 0.2) is 6.10 Å². The number of aliphatic hydroxyl groups is 1. The van der Waals surface area contributed by atoms with Crippen LogP contribution in [0.1, 0.15) is 168 Å². The van der Waals surface area contributed by atoms with Gasteiger partial charge in [0.1, 0.15) is 6.61 Å². The lowest BCUT2D eigenvalue weighted by Crippen LogP contribution is -2.28. The summed E-state index contributed by atoms with van der Waals surface area (Å²) in [6.07, 6.45) is 35.1. The molecule has 0 spiro atoms. The molecule has 0 aromatic heterocycles. The Bertz CT molecular complexity index is 613. The number of aliphatic hydroxyl groups excluding tert-OH is 1. The topological polar surface area (TPSA) is 72.8 Å². The van der Waals surface area contributed by atoms with Crippen molar-refractivity contribution in [3.05, 3.63) is 24.3 Å². The van der Waals surface area contributed by atoms with Crippen molar-refractivity contribution >= 4 is 11.9 Å². The predicted molar refractivity (Wildman–Crippen MR) is 168 cm³/mol. The van der Waals surface area contributed by atoms with E-state index in [2.05, 4.69) is 38.2 Å². The maximum absolute atomic E-state index is 12.1. The van der Waals surface area contributed by atoms with E-state index >= 15 is 0 Å². The van der Waals surface area contributed by atoms with Crippen molar-refractivity contribution in [3.63, 3.8) is 0 Å². The van der Waals surface area contributed by atoms with Gasteiger partial charge in [0.2, 0.25) is 0 Å². The highest BCUT2D eigenvalue weighted by molar-refractivity contribution is 5.70. The van der Waals surface area contributed by atoms with Crippen molar-refractivity contribution in [2.24, 2.45) is 0 Å². The molecule has 0 rings (SSSR count). The molecule has 0 aliphatic heterocycles. The number of allylic oxidation sites excluding steroid dienone is 4. The summed E-state index contributed by atoms with van der Waals surface area (Å²) in [6, 6.07) is 0. The van der Waals surface area contributed by atoms with Crippen LogP contribution in [0, 0.1) is 0 Å². The summed E-state index contributed by atoms with van der Waals surface area (Å²) in [5.74, 6) is -0.612. The zero-order valence-corrected chi connectivity index (χ0v) is 26.4. The lowest BCUT2D eigenvalue weighted by atomic mass is 10.1. The molecule has 234 valence electrons. The number of carbonyl (C=O) groups excluding carboxylic acids is 2. The fourth-order valence-electron chi connectivity index (χ4n) is 4.59. The van der Waals surface area contributed by atoms with Gasteiger partial charge in [-0.1, -0.05) is 122 Å². The summed E-state index contributed by atoms with van der Waals surface area (Å²) in [7, 11) is 0. The molecule has 0 radical (unpaired) electrons. The van der Waals surface area contributed by atoms with E-state index in [0.29, 0.717) is 12.8 Å². The second-order valence-corrected chi connectivity index (χ2v) is 11.2. The molecule has 5 nitrogen and oxygen atoms in total. The average molecular weight is 565 g/mol. The van der Waals surface area contributed by atoms with Gasteiger partial charge in [-0.05, 0) is 57.8 Å². The van der Waals surface area contributed by atoms with Crippen LogP contribution in [-0.2, 0) is 19.1 Å². The standard InChI is InChI=1S/C35H64O5/c1-3-5-7-9-11-13-15-16-17-18-20-21-23-25-27-29-34(37)39-32-33(31-36)40-35(38)30-28-26-24-22-19-14-12-10-8-6-4-2/h10,12,16-17,33,36H,3-9,11,13-15,18-32H2,1-2H3/b12-10-,17-16-/t33-/m0/s1. The van der Waals surface area contributed by atoms with Gasteiger partial charge in [0, 0.05) is 12.8 Å². The minimum atomic E-state index is -0.773. The summed E-state index contributed by atoms with van der Waals surface area (Å²) in [4.78, 5) is 24.1. The molecule has 1 N–H and O–H groups in total. The molecular weight excluding hydrogens is 500 g/mol. The molecule has 1 atom stereocenters. The predicted octanol–water partition coefficient (Wildman–Crippen LogP) is 9.95. The number of ether oxygens (including phenoxy) is 2. The lowest BCUT2D eigenvalue weighted by Gasteiger charge is -2.15. The van der Waals surface area contributed by atoms with E-state index in [4.69, 9.17) is 9.47 Å². The monoisotopic (exact) mass is 564 g/mol. The van der Waals surface area contributed by atoms with Gasteiger partial charge < -0.3 is 14.6 Å². The Labute approximate surface area is 247 Å². The molecule has 0 aromatic carbocycles. The first-order chi connectivity index (χ1) is 19.6. The molecule has 40 heavy (non-hydrogen) atoms. The van der Waals surface area contributed by atoms with Crippen molar-refractivity contribution in [1.29, 1.82) is 0 Å². The lowest BCUT2D eigenvalue weighted by molar-refractivity contribution is -0.161. The molecular formula is C35H64O5. The highest BCUT2D eigenvalue weighted by Crippen LogP contribution is 2.12. The smallest absolute Gasteiger partial charge is 0.306 e. The number of esters is 2. The van der Waals surface area contributed by atoms with E-state index in [1.807, 2.05) is 0 Å². The molecule has 0 bridgehead atoms. The minimum Gasteiger partial charge on any atom is -0.462 e. The van der Waals surface area contributed by atoms with Gasteiger partial charge in [-0.15, -0.1) is 0 Å². The largest absolute Gasteiger partial charge is 0.462 e. The summed E-state index contributed by atoms with van der Waals surface area (Å²) in [5.41, 5.74) is 0. The molecule has 0 amide bonds. The Morgan fingerprint density at radius 3 is 1.43 bits per heavy atom. The quantitative estimate of drug-likeness (QED) is 0.0534. The van der Waals surface area contributed by atoms with Crippen LogP contribution < -0.4 is 0 Å². The molecule has 5 heteroatoms. The maximum Gasteiger partial charge on any atom is 0.306 e. The Kier molecular flexibility index (Phi) is 30.6. The number of unbranched alkanes of at least 4 members (excludes halogenated alkanes) is 18. The second kappa shape index (κ2) is 31.9. The summed E-state index contributed by atoms with van der Waals surface area (Å²) in [6.45, 7) is 4.06. The normalized spacial score (nSPS) is 12.4. The molecule has 0 aliphatic carbocycles. The number of carbonyl (C=O) groups is 2. The van der Waals surface area contributed by atoms with Gasteiger partial charge in [0.05, 0.1) is 6.61 Å². The maximum atomic E-state index is 12.1. The van der Waals surface area contributed by atoms with Gasteiger partial charge in [-0.2, -0.15) is 0 Å². The van der Waals surface area contributed by atoms with Gasteiger partial charge >= 0.3 is 11.9 Å². The molecule has 0 fully saturated rings. The average Bonchev–Trinajstić information content (AvgIpc) is 2.96. The van der Waals surface area contributed by atoms with Crippen LogP contribution in [0.4, 0.5) is 0 Å². The molecule has 0 aromatic rings. The van der Waals surface area contributed by atoms with Crippen LogP contribution in [-0.4, -0.2) is 36.4 Å².